The lowest BCUT2D eigenvalue weighted by Crippen LogP contribution is -2.36. The Balaban J connectivity index is 0.00000210. The summed E-state index contributed by atoms with van der Waals surface area (Å²) in [4.78, 5) is 8.78. The molecule has 2 saturated heterocycles. The van der Waals surface area contributed by atoms with Gasteiger partial charge in [0.15, 0.2) is 0 Å². The highest BCUT2D eigenvalue weighted by Crippen LogP contribution is 2.34. The number of aromatic nitrogens is 1. The molecule has 2 fully saturated rings. The molecule has 5 heteroatoms. The molecule has 0 saturated carbocycles. The predicted octanol–water partition coefficient (Wildman–Crippen LogP) is 4.65. The zero-order valence-electron chi connectivity index (χ0n) is 16.6. The molecule has 150 valence electrons. The van der Waals surface area contributed by atoms with Gasteiger partial charge in [0.2, 0.25) is 0 Å². The van der Waals surface area contributed by atoms with Gasteiger partial charge in [-0.3, -0.25) is 0 Å². The average Bonchev–Trinajstić information content (AvgIpc) is 3.12. The van der Waals surface area contributed by atoms with Crippen molar-refractivity contribution in [3.8, 4) is 5.75 Å². The Hall–Kier alpha value is -1.23. The monoisotopic (exact) mass is 391 g/mol. The lowest BCUT2D eigenvalue weighted by atomic mass is 9.89. The molecule has 2 aliphatic heterocycles. The van der Waals surface area contributed by atoms with Gasteiger partial charge in [0, 0.05) is 23.2 Å². The predicted molar refractivity (Wildman–Crippen MR) is 115 cm³/mol. The van der Waals surface area contributed by atoms with Gasteiger partial charge in [-0.2, -0.15) is 0 Å². The number of fused-ring (bicyclic) bond motifs is 1. The number of hydrogen-bond donors (Lipinski definition) is 1. The second kappa shape index (κ2) is 9.81. The highest BCUT2D eigenvalue weighted by Gasteiger charge is 2.23. The Labute approximate surface area is 169 Å². The first kappa shape index (κ1) is 20.5. The third kappa shape index (κ3) is 4.98. The summed E-state index contributed by atoms with van der Waals surface area (Å²) in [6, 6.07) is 6.40. The summed E-state index contributed by atoms with van der Waals surface area (Å²) in [6.45, 7) is 7.71. The number of piperidine rings is 2. The number of hydrogen-bond acceptors (Lipinski definition) is 3. The maximum absolute atomic E-state index is 5.34. The van der Waals surface area contributed by atoms with Crippen molar-refractivity contribution in [3.63, 3.8) is 0 Å². The number of benzene rings is 1. The van der Waals surface area contributed by atoms with Crippen molar-refractivity contribution in [2.24, 2.45) is 0 Å². The zero-order valence-corrected chi connectivity index (χ0v) is 17.4. The Morgan fingerprint density at radius 3 is 2.41 bits per heavy atom. The number of methoxy groups -OCH3 is 1. The van der Waals surface area contributed by atoms with Crippen LogP contribution in [0.25, 0.3) is 10.9 Å². The van der Waals surface area contributed by atoms with Crippen LogP contribution >= 0.6 is 12.4 Å². The maximum atomic E-state index is 5.34. The molecule has 0 spiro atoms. The van der Waals surface area contributed by atoms with Gasteiger partial charge in [0.25, 0.3) is 0 Å². The van der Waals surface area contributed by atoms with Gasteiger partial charge in [-0.05, 0) is 95.0 Å². The summed E-state index contributed by atoms with van der Waals surface area (Å²) < 4.78 is 5.34. The van der Waals surface area contributed by atoms with E-state index in [0.717, 1.165) is 5.75 Å². The number of nitrogens with zero attached hydrogens (tertiary/aromatic N) is 2. The van der Waals surface area contributed by atoms with Crippen LogP contribution in [0, 0.1) is 0 Å². The molecule has 27 heavy (non-hydrogen) atoms. The summed E-state index contributed by atoms with van der Waals surface area (Å²) in [5.41, 5.74) is 2.69. The van der Waals surface area contributed by atoms with E-state index < -0.39 is 0 Å². The van der Waals surface area contributed by atoms with Crippen molar-refractivity contribution in [1.29, 1.82) is 0 Å². The lowest BCUT2D eigenvalue weighted by molar-refractivity contribution is 0.181. The fraction of sp³-hybridized carbons (Fsp3) is 0.636. The topological polar surface area (TPSA) is 31.5 Å². The van der Waals surface area contributed by atoms with E-state index in [2.05, 4.69) is 39.2 Å². The molecule has 0 bridgehead atoms. The quantitative estimate of drug-likeness (QED) is 0.777. The van der Waals surface area contributed by atoms with Crippen molar-refractivity contribution < 1.29 is 4.74 Å². The molecule has 0 unspecified atom stereocenters. The Morgan fingerprint density at radius 1 is 1.00 bits per heavy atom. The fourth-order valence-corrected chi connectivity index (χ4v) is 4.76. The van der Waals surface area contributed by atoms with Gasteiger partial charge >= 0.3 is 0 Å². The van der Waals surface area contributed by atoms with E-state index in [1.807, 2.05) is 0 Å². The minimum absolute atomic E-state index is 0. The van der Waals surface area contributed by atoms with Crippen molar-refractivity contribution in [2.75, 3.05) is 46.4 Å². The summed E-state index contributed by atoms with van der Waals surface area (Å²) in [5.74, 6) is 1.62. The number of rotatable bonds is 6. The molecule has 0 amide bonds. The molecular weight excluding hydrogens is 358 g/mol. The minimum atomic E-state index is 0. The second-order valence-corrected chi connectivity index (χ2v) is 8.03. The van der Waals surface area contributed by atoms with Gasteiger partial charge in [-0.15, -0.1) is 12.4 Å². The van der Waals surface area contributed by atoms with Crippen LogP contribution in [0.1, 0.15) is 50.0 Å². The maximum Gasteiger partial charge on any atom is 0.120 e. The van der Waals surface area contributed by atoms with Gasteiger partial charge in [-0.1, -0.05) is 6.42 Å². The number of H-pyrrole nitrogens is 1. The Kier molecular flexibility index (Phi) is 7.45. The molecule has 1 aromatic carbocycles. The molecular formula is C22H34ClN3O. The van der Waals surface area contributed by atoms with Crippen LogP contribution in [-0.4, -0.2) is 61.2 Å². The lowest BCUT2D eigenvalue weighted by Gasteiger charge is -2.33. The molecule has 4 rings (SSSR count). The van der Waals surface area contributed by atoms with Gasteiger partial charge in [-0.25, -0.2) is 0 Å². The van der Waals surface area contributed by atoms with Crippen molar-refractivity contribution >= 4 is 23.3 Å². The third-order valence-electron chi connectivity index (χ3n) is 6.35. The highest BCUT2D eigenvalue weighted by molar-refractivity contribution is 5.85. The van der Waals surface area contributed by atoms with Gasteiger partial charge in [0.05, 0.1) is 7.11 Å². The van der Waals surface area contributed by atoms with Crippen LogP contribution in [0.15, 0.2) is 24.4 Å². The summed E-state index contributed by atoms with van der Waals surface area (Å²) in [7, 11) is 1.73. The fourth-order valence-electron chi connectivity index (χ4n) is 4.76. The SMILES string of the molecule is COc1ccc2c(C3CCN(CCCN4CCCCC4)CC3)c[nH]c2c1.Cl. The van der Waals surface area contributed by atoms with Crippen molar-refractivity contribution in [1.82, 2.24) is 14.8 Å². The van der Waals surface area contributed by atoms with Gasteiger partial charge < -0.3 is 19.5 Å². The molecule has 1 N–H and O–H groups in total. The number of aromatic amines is 1. The standard InChI is InChI=1S/C22H33N3O.ClH/c1-26-19-6-7-20-21(17-23-22(20)16-19)18-8-14-25(15-9-18)13-5-12-24-10-3-2-4-11-24;/h6-7,16-18,23H,2-5,8-15H2,1H3;1H. The Morgan fingerprint density at radius 2 is 1.70 bits per heavy atom. The van der Waals surface area contributed by atoms with Crippen LogP contribution in [0.4, 0.5) is 0 Å². The minimum Gasteiger partial charge on any atom is -0.497 e. The molecule has 2 aromatic rings. The highest BCUT2D eigenvalue weighted by atomic mass is 35.5. The van der Waals surface area contributed by atoms with E-state index in [9.17, 15) is 0 Å². The molecule has 1 aromatic heterocycles. The third-order valence-corrected chi connectivity index (χ3v) is 6.35. The van der Waals surface area contributed by atoms with Crippen LogP contribution in [0.5, 0.6) is 5.75 Å². The number of halogens is 1. The normalized spacial score (nSPS) is 19.9. The number of ether oxygens (including phenoxy) is 1. The van der Waals surface area contributed by atoms with E-state index in [1.54, 1.807) is 7.11 Å². The first-order chi connectivity index (χ1) is 12.8. The van der Waals surface area contributed by atoms with E-state index >= 15 is 0 Å². The molecule has 3 heterocycles. The van der Waals surface area contributed by atoms with Crippen molar-refractivity contribution in [2.45, 2.75) is 44.4 Å². The average molecular weight is 392 g/mol. The molecule has 0 atom stereocenters. The summed E-state index contributed by atoms with van der Waals surface area (Å²) in [5, 5.41) is 1.37. The van der Waals surface area contributed by atoms with E-state index in [1.165, 1.54) is 94.3 Å². The van der Waals surface area contributed by atoms with E-state index in [0.29, 0.717) is 5.92 Å². The molecule has 0 aliphatic carbocycles. The molecule has 2 aliphatic rings. The van der Waals surface area contributed by atoms with Crippen molar-refractivity contribution in [3.05, 3.63) is 30.0 Å². The zero-order chi connectivity index (χ0) is 17.8. The first-order valence-electron chi connectivity index (χ1n) is 10.4. The van der Waals surface area contributed by atoms with Crippen LogP contribution in [0.2, 0.25) is 0 Å². The van der Waals surface area contributed by atoms with E-state index in [-0.39, 0.29) is 12.4 Å². The smallest absolute Gasteiger partial charge is 0.120 e. The Bertz CT molecular complexity index is 703. The summed E-state index contributed by atoms with van der Waals surface area (Å²) in [6.07, 6.45) is 10.4. The summed E-state index contributed by atoms with van der Waals surface area (Å²) >= 11 is 0. The molecule has 0 radical (unpaired) electrons. The van der Waals surface area contributed by atoms with Crippen LogP contribution in [0.3, 0.4) is 0 Å². The number of likely N-dealkylation sites (tertiary alicyclic amines) is 2. The number of nitrogens with one attached hydrogen (secondary N) is 1. The van der Waals surface area contributed by atoms with Gasteiger partial charge in [0.1, 0.15) is 5.75 Å². The largest absolute Gasteiger partial charge is 0.497 e. The molecule has 4 nitrogen and oxygen atoms in total. The second-order valence-electron chi connectivity index (χ2n) is 8.03. The van der Waals surface area contributed by atoms with Crippen LogP contribution in [-0.2, 0) is 0 Å². The van der Waals surface area contributed by atoms with E-state index in [4.69, 9.17) is 4.74 Å². The first-order valence-corrected chi connectivity index (χ1v) is 10.4. The van der Waals surface area contributed by atoms with Crippen LogP contribution < -0.4 is 4.74 Å².